The van der Waals surface area contributed by atoms with Gasteiger partial charge in [-0.05, 0) is 39.4 Å². The first-order valence-electron chi connectivity index (χ1n) is 7.13. The highest BCUT2D eigenvalue weighted by Gasteiger charge is 2.14. The van der Waals surface area contributed by atoms with Crippen LogP contribution < -0.4 is 4.74 Å². The first-order chi connectivity index (χ1) is 11.3. The molecule has 0 aliphatic rings. The van der Waals surface area contributed by atoms with Gasteiger partial charge in [0.05, 0.1) is 12.9 Å². The van der Waals surface area contributed by atoms with E-state index in [0.717, 1.165) is 24.5 Å². The monoisotopic (exact) mass is 332 g/mol. The summed E-state index contributed by atoms with van der Waals surface area (Å²) in [7, 11) is 1.62. The Morgan fingerprint density at radius 1 is 1.13 bits per heavy atom. The summed E-state index contributed by atoms with van der Waals surface area (Å²) in [5.74, 6) is 2.09. The van der Waals surface area contributed by atoms with Gasteiger partial charge in [-0.2, -0.15) is 4.68 Å². The Morgan fingerprint density at radius 3 is 2.78 bits per heavy atom. The highest BCUT2D eigenvalue weighted by Crippen LogP contribution is 2.26. The van der Waals surface area contributed by atoms with Crippen LogP contribution in [0, 0.1) is 0 Å². The maximum absolute atomic E-state index is 5.36. The predicted molar refractivity (Wildman–Crippen MR) is 83.4 cm³/mol. The molecule has 1 aromatic carbocycles. The molecule has 0 saturated carbocycles. The van der Waals surface area contributed by atoms with Crippen LogP contribution in [-0.2, 0) is 12.3 Å². The van der Waals surface area contributed by atoms with E-state index in [9.17, 15) is 0 Å². The molecular formula is C13H16N8OS. The van der Waals surface area contributed by atoms with Gasteiger partial charge in [0.25, 0.3) is 0 Å². The van der Waals surface area contributed by atoms with E-state index in [1.165, 1.54) is 11.8 Å². The van der Waals surface area contributed by atoms with Crippen LogP contribution in [0.25, 0.3) is 5.69 Å². The SMILES string of the molecule is CCCn1nnnc1CSc1nnnn1-c1ccccc1OC. The van der Waals surface area contributed by atoms with Gasteiger partial charge in [-0.15, -0.1) is 10.2 Å². The maximum atomic E-state index is 5.36. The largest absolute Gasteiger partial charge is 0.494 e. The molecule has 0 spiro atoms. The van der Waals surface area contributed by atoms with Crippen LogP contribution in [0.3, 0.4) is 0 Å². The van der Waals surface area contributed by atoms with Gasteiger partial charge in [0.2, 0.25) is 5.16 Å². The second-order valence-electron chi connectivity index (χ2n) is 4.65. The third-order valence-corrected chi connectivity index (χ3v) is 4.04. The van der Waals surface area contributed by atoms with Crippen molar-refractivity contribution in [3.63, 3.8) is 0 Å². The molecule has 3 rings (SSSR count). The molecule has 0 aliphatic carbocycles. The van der Waals surface area contributed by atoms with Crippen LogP contribution in [0.15, 0.2) is 29.4 Å². The molecular weight excluding hydrogens is 316 g/mol. The molecule has 0 N–H and O–H groups in total. The fraction of sp³-hybridized carbons (Fsp3) is 0.385. The van der Waals surface area contributed by atoms with Crippen molar-refractivity contribution >= 4 is 11.8 Å². The lowest BCUT2D eigenvalue weighted by atomic mass is 10.3. The Balaban J connectivity index is 1.80. The Morgan fingerprint density at radius 2 is 1.96 bits per heavy atom. The molecule has 0 atom stereocenters. The average molecular weight is 332 g/mol. The second-order valence-corrected chi connectivity index (χ2v) is 5.59. The highest BCUT2D eigenvalue weighted by molar-refractivity contribution is 7.98. The summed E-state index contributed by atoms with van der Waals surface area (Å²) in [6, 6.07) is 7.59. The smallest absolute Gasteiger partial charge is 0.214 e. The molecule has 23 heavy (non-hydrogen) atoms. The van der Waals surface area contributed by atoms with Crippen LogP contribution in [-0.4, -0.2) is 47.5 Å². The average Bonchev–Trinajstić information content (AvgIpc) is 3.22. The number of ether oxygens (including phenoxy) is 1. The van der Waals surface area contributed by atoms with E-state index in [2.05, 4.69) is 38.0 Å². The minimum absolute atomic E-state index is 0.586. The van der Waals surface area contributed by atoms with Gasteiger partial charge in [-0.3, -0.25) is 0 Å². The number of rotatable bonds is 7. The zero-order valence-corrected chi connectivity index (χ0v) is 13.6. The van der Waals surface area contributed by atoms with Crippen molar-refractivity contribution in [2.75, 3.05) is 7.11 Å². The standard InChI is InChI=1S/C13H16N8OS/c1-3-8-20-12(14-16-18-20)9-23-13-15-17-19-21(13)10-6-4-5-7-11(10)22-2/h4-7H,3,8-9H2,1-2H3. The Labute approximate surface area is 137 Å². The summed E-state index contributed by atoms with van der Waals surface area (Å²) in [4.78, 5) is 0. The lowest BCUT2D eigenvalue weighted by Gasteiger charge is -2.08. The Hall–Kier alpha value is -2.49. The van der Waals surface area contributed by atoms with Crippen molar-refractivity contribution in [1.29, 1.82) is 0 Å². The lowest BCUT2D eigenvalue weighted by Crippen LogP contribution is -2.05. The summed E-state index contributed by atoms with van der Waals surface area (Å²) < 4.78 is 8.81. The van der Waals surface area contributed by atoms with Gasteiger partial charge in [0.1, 0.15) is 11.4 Å². The molecule has 120 valence electrons. The van der Waals surface area contributed by atoms with Crippen molar-refractivity contribution in [3.8, 4) is 11.4 Å². The van der Waals surface area contributed by atoms with Gasteiger partial charge in [-0.25, -0.2) is 4.68 Å². The number of hydrogen-bond acceptors (Lipinski definition) is 8. The van der Waals surface area contributed by atoms with Crippen molar-refractivity contribution in [2.45, 2.75) is 30.8 Å². The molecule has 0 aliphatic heterocycles. The summed E-state index contributed by atoms with van der Waals surface area (Å²) in [6.45, 7) is 2.88. The maximum Gasteiger partial charge on any atom is 0.214 e. The fourth-order valence-electron chi connectivity index (χ4n) is 2.07. The van der Waals surface area contributed by atoms with E-state index in [1.807, 2.05) is 24.3 Å². The quantitative estimate of drug-likeness (QED) is 0.598. The molecule has 0 fully saturated rings. The van der Waals surface area contributed by atoms with Gasteiger partial charge < -0.3 is 4.74 Å². The van der Waals surface area contributed by atoms with Crippen molar-refractivity contribution in [1.82, 2.24) is 40.4 Å². The molecule has 9 nitrogen and oxygen atoms in total. The zero-order valence-electron chi connectivity index (χ0n) is 12.8. The predicted octanol–water partition coefficient (Wildman–Crippen LogP) is 1.36. The number of benzene rings is 1. The van der Waals surface area contributed by atoms with Gasteiger partial charge in [-0.1, -0.05) is 30.8 Å². The van der Waals surface area contributed by atoms with E-state index in [-0.39, 0.29) is 0 Å². The summed E-state index contributed by atoms with van der Waals surface area (Å²) >= 11 is 1.47. The molecule has 0 amide bonds. The van der Waals surface area contributed by atoms with E-state index in [1.54, 1.807) is 16.5 Å². The van der Waals surface area contributed by atoms with Crippen LogP contribution in [0.2, 0.25) is 0 Å². The Bertz CT molecular complexity index is 771. The fourth-order valence-corrected chi connectivity index (χ4v) is 2.88. The summed E-state index contributed by atoms with van der Waals surface area (Å²) in [5, 5.41) is 24.3. The number of aromatic nitrogens is 8. The van der Waals surface area contributed by atoms with Crippen LogP contribution >= 0.6 is 11.8 Å². The molecule has 10 heteroatoms. The number of methoxy groups -OCH3 is 1. The topological polar surface area (TPSA) is 96.4 Å². The van der Waals surface area contributed by atoms with Crippen LogP contribution in [0.1, 0.15) is 19.2 Å². The van der Waals surface area contributed by atoms with Crippen molar-refractivity contribution < 1.29 is 4.74 Å². The number of thioether (sulfide) groups is 1. The Kier molecular flexibility index (Phi) is 4.81. The van der Waals surface area contributed by atoms with Gasteiger partial charge in [0, 0.05) is 6.54 Å². The van der Waals surface area contributed by atoms with Gasteiger partial charge in [0.15, 0.2) is 5.82 Å². The third-order valence-electron chi connectivity index (χ3n) is 3.13. The van der Waals surface area contributed by atoms with Crippen LogP contribution in [0.4, 0.5) is 0 Å². The molecule has 3 aromatic rings. The summed E-state index contributed by atoms with van der Waals surface area (Å²) in [6.07, 6.45) is 0.974. The number of para-hydroxylation sites is 2. The lowest BCUT2D eigenvalue weighted by molar-refractivity contribution is 0.410. The molecule has 0 unspecified atom stereocenters. The number of aryl methyl sites for hydroxylation is 1. The molecule has 0 saturated heterocycles. The number of hydrogen-bond donors (Lipinski definition) is 0. The number of tetrazole rings is 2. The zero-order chi connectivity index (χ0) is 16.1. The van der Waals surface area contributed by atoms with Crippen molar-refractivity contribution in [2.24, 2.45) is 0 Å². The minimum atomic E-state index is 0.586. The normalized spacial score (nSPS) is 10.9. The summed E-state index contributed by atoms with van der Waals surface area (Å²) in [5.41, 5.74) is 0.788. The number of nitrogens with zero attached hydrogens (tertiary/aromatic N) is 8. The first-order valence-corrected chi connectivity index (χ1v) is 8.11. The van der Waals surface area contributed by atoms with Gasteiger partial charge >= 0.3 is 0 Å². The van der Waals surface area contributed by atoms with E-state index in [0.29, 0.717) is 16.7 Å². The molecule has 0 radical (unpaired) electrons. The highest BCUT2D eigenvalue weighted by atomic mass is 32.2. The first kappa shape index (κ1) is 15.4. The van der Waals surface area contributed by atoms with Crippen molar-refractivity contribution in [3.05, 3.63) is 30.1 Å². The second kappa shape index (κ2) is 7.18. The van der Waals surface area contributed by atoms with E-state index < -0.39 is 0 Å². The van der Waals surface area contributed by atoms with E-state index >= 15 is 0 Å². The molecule has 2 aromatic heterocycles. The van der Waals surface area contributed by atoms with Crippen LogP contribution in [0.5, 0.6) is 5.75 Å². The molecule has 2 heterocycles. The third kappa shape index (κ3) is 3.31. The van der Waals surface area contributed by atoms with E-state index in [4.69, 9.17) is 4.74 Å². The minimum Gasteiger partial charge on any atom is -0.494 e. The molecule has 0 bridgehead atoms.